The van der Waals surface area contributed by atoms with Gasteiger partial charge < -0.3 is 14.7 Å². The fraction of sp³-hybridized carbons (Fsp3) is 0.167. The van der Waals surface area contributed by atoms with Gasteiger partial charge in [0.2, 0.25) is 0 Å². The van der Waals surface area contributed by atoms with Crippen molar-refractivity contribution in [3.05, 3.63) is 121 Å². The summed E-state index contributed by atoms with van der Waals surface area (Å²) in [6, 6.07) is 46.3. The second-order valence-electron chi connectivity index (χ2n) is 11.7. The van der Waals surface area contributed by atoms with Crippen LogP contribution in [-0.2, 0) is 0 Å². The summed E-state index contributed by atoms with van der Waals surface area (Å²) < 4.78 is 0. The lowest BCUT2D eigenvalue weighted by atomic mass is 9.33. The second-order valence-corrected chi connectivity index (χ2v) is 11.7. The zero-order valence-electron chi connectivity index (χ0n) is 22.4. The van der Waals surface area contributed by atoms with Gasteiger partial charge in [0.15, 0.2) is 0 Å². The third-order valence-electron chi connectivity index (χ3n) is 9.65. The maximum absolute atomic E-state index is 2.76. The minimum Gasteiger partial charge on any atom is -0.365 e. The van der Waals surface area contributed by atoms with Crippen molar-refractivity contribution < 1.29 is 0 Å². The molecule has 0 spiro atoms. The molecule has 40 heavy (non-hydrogen) atoms. The highest BCUT2D eigenvalue weighted by molar-refractivity contribution is 7.00. The largest absolute Gasteiger partial charge is 0.365 e. The van der Waals surface area contributed by atoms with Crippen LogP contribution in [0, 0.1) is 0 Å². The predicted octanol–water partition coefficient (Wildman–Crippen LogP) is 6.90. The summed E-state index contributed by atoms with van der Waals surface area (Å²) in [5.41, 5.74) is 13.1. The summed E-state index contributed by atoms with van der Waals surface area (Å²) in [5.74, 6) is 0. The number of nitrogens with zero attached hydrogens (tertiary/aromatic N) is 3. The predicted molar refractivity (Wildman–Crippen MR) is 169 cm³/mol. The van der Waals surface area contributed by atoms with Crippen molar-refractivity contribution in [2.24, 2.45) is 0 Å². The molecule has 4 heterocycles. The van der Waals surface area contributed by atoms with Crippen molar-refractivity contribution in [2.45, 2.75) is 37.8 Å². The van der Waals surface area contributed by atoms with E-state index in [2.05, 4.69) is 136 Å². The molecule has 0 amide bonds. The molecule has 0 saturated carbocycles. The van der Waals surface area contributed by atoms with Crippen LogP contribution in [0.25, 0.3) is 0 Å². The first-order valence-corrected chi connectivity index (χ1v) is 14.7. The molecular weight excluding hydrogens is 485 g/mol. The Kier molecular flexibility index (Phi) is 4.77. The van der Waals surface area contributed by atoms with Crippen LogP contribution in [0.5, 0.6) is 0 Å². The Morgan fingerprint density at radius 1 is 0.450 bits per heavy atom. The number of rotatable bonds is 3. The molecule has 5 aromatic carbocycles. The van der Waals surface area contributed by atoms with E-state index in [0.717, 1.165) is 0 Å². The van der Waals surface area contributed by atoms with Crippen LogP contribution >= 0.6 is 0 Å². The van der Waals surface area contributed by atoms with Gasteiger partial charge in [-0.1, -0.05) is 72.8 Å². The Morgan fingerprint density at radius 3 is 1.35 bits per heavy atom. The maximum Gasteiger partial charge on any atom is 0.252 e. The molecule has 2 bridgehead atoms. The molecule has 4 aliphatic rings. The third kappa shape index (κ3) is 3.08. The van der Waals surface area contributed by atoms with Crippen LogP contribution in [0.15, 0.2) is 121 Å². The summed E-state index contributed by atoms with van der Waals surface area (Å²) in [6.07, 6.45) is 5.26. The standard InChI is InChI=1S/C36H30BN3/c1-3-11-25(12-4-1)39-32-17-9-7-15-30(32)37-31-16-8-10-18-33(31)40(26-13-5-2-6-14-26)35-24-29(23-34(39)36(35)37)38-27-19-20-28(38)22-21-27/h1-18,23-24,27-28H,19-22H2/t27-,28+. The molecule has 4 heteroatoms. The van der Waals surface area contributed by atoms with E-state index in [0.29, 0.717) is 12.1 Å². The molecule has 9 rings (SSSR count). The monoisotopic (exact) mass is 515 g/mol. The Morgan fingerprint density at radius 2 is 0.875 bits per heavy atom. The van der Waals surface area contributed by atoms with E-state index >= 15 is 0 Å². The summed E-state index contributed by atoms with van der Waals surface area (Å²) in [6.45, 7) is 0.182. The van der Waals surface area contributed by atoms with Crippen molar-refractivity contribution in [2.75, 3.05) is 14.7 Å². The molecule has 0 aromatic heterocycles. The Balaban J connectivity index is 1.39. The van der Waals surface area contributed by atoms with E-state index in [9.17, 15) is 0 Å². The second kappa shape index (κ2) is 8.53. The lowest BCUT2D eigenvalue weighted by molar-refractivity contribution is 0.576. The topological polar surface area (TPSA) is 9.72 Å². The summed E-state index contributed by atoms with van der Waals surface area (Å²) in [5, 5.41) is 0. The summed E-state index contributed by atoms with van der Waals surface area (Å²) in [7, 11) is 0. The van der Waals surface area contributed by atoms with Crippen LogP contribution in [0.3, 0.4) is 0 Å². The van der Waals surface area contributed by atoms with Crippen LogP contribution < -0.4 is 31.1 Å². The van der Waals surface area contributed by atoms with Gasteiger partial charge in [-0.25, -0.2) is 0 Å². The van der Waals surface area contributed by atoms with Gasteiger partial charge >= 0.3 is 0 Å². The average Bonchev–Trinajstić information content (AvgIpc) is 3.62. The van der Waals surface area contributed by atoms with Crippen LogP contribution in [0.2, 0.25) is 0 Å². The maximum atomic E-state index is 2.76. The molecular formula is C36H30BN3. The first-order chi connectivity index (χ1) is 19.9. The first-order valence-electron chi connectivity index (χ1n) is 14.7. The summed E-state index contributed by atoms with van der Waals surface area (Å²) in [4.78, 5) is 7.80. The molecule has 192 valence electrons. The number of hydrogen-bond donors (Lipinski definition) is 0. The molecule has 0 unspecified atom stereocenters. The normalized spacial score (nSPS) is 19.9. The van der Waals surface area contributed by atoms with Crippen molar-refractivity contribution in [3.63, 3.8) is 0 Å². The van der Waals surface area contributed by atoms with E-state index in [1.165, 1.54) is 81.9 Å². The van der Waals surface area contributed by atoms with Gasteiger partial charge in [0.1, 0.15) is 0 Å². The number of hydrogen-bond acceptors (Lipinski definition) is 3. The zero-order chi connectivity index (χ0) is 26.2. The molecule has 0 radical (unpaired) electrons. The Hall–Kier alpha value is -4.44. The van der Waals surface area contributed by atoms with Crippen molar-refractivity contribution >= 4 is 62.9 Å². The Bertz CT molecular complexity index is 1620. The lowest BCUT2D eigenvalue weighted by Crippen LogP contribution is -2.61. The zero-order valence-corrected chi connectivity index (χ0v) is 22.4. The molecule has 2 fully saturated rings. The number of para-hydroxylation sites is 4. The quantitative estimate of drug-likeness (QED) is 0.237. The number of anilines is 7. The van der Waals surface area contributed by atoms with Gasteiger partial charge in [-0.2, -0.15) is 0 Å². The molecule has 3 nitrogen and oxygen atoms in total. The van der Waals surface area contributed by atoms with Crippen LogP contribution in [0.1, 0.15) is 25.7 Å². The van der Waals surface area contributed by atoms with Crippen molar-refractivity contribution in [1.29, 1.82) is 0 Å². The highest BCUT2D eigenvalue weighted by atomic mass is 15.3. The molecule has 0 atom stereocenters. The third-order valence-corrected chi connectivity index (χ3v) is 9.65. The molecule has 2 saturated heterocycles. The van der Waals surface area contributed by atoms with Gasteiger partial charge in [-0.05, 0) is 90.6 Å². The van der Waals surface area contributed by atoms with Gasteiger partial charge in [0.05, 0.1) is 0 Å². The van der Waals surface area contributed by atoms with Gasteiger partial charge in [0.25, 0.3) is 6.71 Å². The minimum absolute atomic E-state index is 0.182. The number of benzene rings is 5. The molecule has 5 aromatic rings. The first kappa shape index (κ1) is 22.4. The molecule has 4 aliphatic heterocycles. The highest BCUT2D eigenvalue weighted by Crippen LogP contribution is 2.48. The fourth-order valence-corrected chi connectivity index (χ4v) is 8.08. The van der Waals surface area contributed by atoms with E-state index in [1.54, 1.807) is 0 Å². The van der Waals surface area contributed by atoms with Gasteiger partial charge in [0, 0.05) is 51.9 Å². The molecule has 0 aliphatic carbocycles. The van der Waals surface area contributed by atoms with Crippen molar-refractivity contribution in [3.8, 4) is 0 Å². The van der Waals surface area contributed by atoms with E-state index < -0.39 is 0 Å². The minimum atomic E-state index is 0.182. The van der Waals surface area contributed by atoms with Crippen LogP contribution in [-0.4, -0.2) is 18.8 Å². The lowest BCUT2D eigenvalue weighted by Gasteiger charge is -2.45. The van der Waals surface area contributed by atoms with E-state index in [4.69, 9.17) is 0 Å². The fourth-order valence-electron chi connectivity index (χ4n) is 8.08. The van der Waals surface area contributed by atoms with Gasteiger partial charge in [-0.15, -0.1) is 0 Å². The van der Waals surface area contributed by atoms with Crippen LogP contribution in [0.4, 0.5) is 39.8 Å². The van der Waals surface area contributed by atoms with Crippen molar-refractivity contribution in [1.82, 2.24) is 0 Å². The Labute approximate surface area is 236 Å². The molecule has 0 N–H and O–H groups in total. The smallest absolute Gasteiger partial charge is 0.252 e. The van der Waals surface area contributed by atoms with E-state index in [1.807, 2.05) is 0 Å². The van der Waals surface area contributed by atoms with E-state index in [-0.39, 0.29) is 6.71 Å². The number of fused-ring (bicyclic) bond motifs is 6. The van der Waals surface area contributed by atoms with Gasteiger partial charge in [-0.3, -0.25) is 0 Å². The summed E-state index contributed by atoms with van der Waals surface area (Å²) >= 11 is 0. The average molecular weight is 515 g/mol. The SMILES string of the molecule is c1ccc(N2c3ccccc3B3c4ccccc4N(c4ccccc4)c4cc(N5[C@H]6CC[C@@H]5CC6)cc2c43)cc1. The highest BCUT2D eigenvalue weighted by Gasteiger charge is 2.45.